The van der Waals surface area contributed by atoms with E-state index in [4.69, 9.17) is 5.84 Å². The lowest BCUT2D eigenvalue weighted by atomic mass is 9.95. The topological polar surface area (TPSA) is 38.0 Å². The Bertz CT molecular complexity index is 183. The lowest BCUT2D eigenvalue weighted by Gasteiger charge is -2.18. The van der Waals surface area contributed by atoms with E-state index >= 15 is 0 Å². The van der Waals surface area contributed by atoms with Crippen molar-refractivity contribution in [3.05, 3.63) is 12.2 Å². The first kappa shape index (κ1) is 12.7. The minimum atomic E-state index is 0.443. The molecular weight excluding hydrogens is 184 g/mol. The van der Waals surface area contributed by atoms with Crippen LogP contribution in [-0.2, 0) is 0 Å². The van der Waals surface area contributed by atoms with Gasteiger partial charge < -0.3 is 0 Å². The van der Waals surface area contributed by atoms with Crippen molar-refractivity contribution in [2.24, 2.45) is 11.8 Å². The highest BCUT2D eigenvalue weighted by Crippen LogP contribution is 2.29. The fourth-order valence-corrected chi connectivity index (χ4v) is 2.47. The highest BCUT2D eigenvalue weighted by atomic mass is 15.2. The number of hydrazine groups is 1. The minimum absolute atomic E-state index is 0.443. The zero-order valence-corrected chi connectivity index (χ0v) is 10.1. The number of nitrogens with two attached hydrogens (primary N) is 1. The molecule has 15 heavy (non-hydrogen) atoms. The molecule has 2 heteroatoms. The first-order valence-electron chi connectivity index (χ1n) is 6.39. The minimum Gasteiger partial charge on any atom is -0.271 e. The van der Waals surface area contributed by atoms with Gasteiger partial charge >= 0.3 is 0 Å². The van der Waals surface area contributed by atoms with E-state index in [1.165, 1.54) is 44.1 Å². The summed E-state index contributed by atoms with van der Waals surface area (Å²) in [6.45, 7) is 6.20. The van der Waals surface area contributed by atoms with Gasteiger partial charge in [0.25, 0.3) is 0 Å². The normalized spacial score (nSPS) is 19.3. The van der Waals surface area contributed by atoms with Crippen LogP contribution in [0.3, 0.4) is 0 Å². The Labute approximate surface area is 94.3 Å². The maximum Gasteiger partial charge on any atom is 0.0247 e. The summed E-state index contributed by atoms with van der Waals surface area (Å²) in [6.07, 6.45) is 10.4. The average molecular weight is 210 g/mol. The molecule has 0 heterocycles. The van der Waals surface area contributed by atoms with E-state index in [2.05, 4.69) is 18.9 Å². The molecule has 3 N–H and O–H groups in total. The van der Waals surface area contributed by atoms with Gasteiger partial charge in [-0.05, 0) is 31.6 Å². The third-order valence-corrected chi connectivity index (χ3v) is 3.67. The molecule has 0 spiro atoms. The van der Waals surface area contributed by atoms with Crippen molar-refractivity contribution < 1.29 is 0 Å². The van der Waals surface area contributed by atoms with Gasteiger partial charge in [-0.1, -0.05) is 44.8 Å². The van der Waals surface area contributed by atoms with Crippen molar-refractivity contribution >= 4 is 0 Å². The second-order valence-electron chi connectivity index (χ2n) is 4.90. The highest BCUT2D eigenvalue weighted by molar-refractivity contribution is 4.96. The lowest BCUT2D eigenvalue weighted by molar-refractivity contribution is 0.405. The van der Waals surface area contributed by atoms with Crippen LogP contribution >= 0.6 is 0 Å². The van der Waals surface area contributed by atoms with Crippen molar-refractivity contribution in [3.63, 3.8) is 0 Å². The summed E-state index contributed by atoms with van der Waals surface area (Å²) < 4.78 is 0. The summed E-state index contributed by atoms with van der Waals surface area (Å²) in [6, 6.07) is 0.443. The Hall–Kier alpha value is -0.340. The molecule has 0 aromatic rings. The zero-order valence-electron chi connectivity index (χ0n) is 10.1. The first-order valence-corrected chi connectivity index (χ1v) is 6.39. The lowest BCUT2D eigenvalue weighted by Crippen LogP contribution is -2.35. The van der Waals surface area contributed by atoms with E-state index < -0.39 is 0 Å². The Kier molecular flexibility index (Phi) is 5.96. The van der Waals surface area contributed by atoms with Crippen molar-refractivity contribution in [2.75, 3.05) is 0 Å². The van der Waals surface area contributed by atoms with E-state index in [-0.39, 0.29) is 0 Å². The molecule has 88 valence electrons. The largest absolute Gasteiger partial charge is 0.271 e. The Morgan fingerprint density at radius 2 is 2.13 bits per heavy atom. The van der Waals surface area contributed by atoms with Crippen molar-refractivity contribution in [1.82, 2.24) is 5.43 Å². The van der Waals surface area contributed by atoms with Gasteiger partial charge in [-0.25, -0.2) is 0 Å². The highest BCUT2D eigenvalue weighted by Gasteiger charge is 2.17. The molecular formula is C13H26N2. The standard InChI is InChI=1S/C13H26N2/c1-3-11(2)10-13(15-14)9-8-12-6-4-5-7-12/h12-13,15H,2-10,14H2,1H3. The van der Waals surface area contributed by atoms with Crippen LogP contribution in [0, 0.1) is 5.92 Å². The maximum atomic E-state index is 5.57. The van der Waals surface area contributed by atoms with Crippen LogP contribution in [0.25, 0.3) is 0 Å². The molecule has 0 radical (unpaired) electrons. The second kappa shape index (κ2) is 7.02. The molecule has 1 atom stereocenters. The Balaban J connectivity index is 2.17. The van der Waals surface area contributed by atoms with Crippen molar-refractivity contribution in [1.29, 1.82) is 0 Å². The summed E-state index contributed by atoms with van der Waals surface area (Å²) in [5, 5.41) is 0. The molecule has 0 aliphatic heterocycles. The third kappa shape index (κ3) is 4.80. The van der Waals surface area contributed by atoms with Crippen LogP contribution in [0.5, 0.6) is 0 Å². The summed E-state index contributed by atoms with van der Waals surface area (Å²) in [7, 11) is 0. The number of rotatable bonds is 7. The summed E-state index contributed by atoms with van der Waals surface area (Å²) in [5.41, 5.74) is 4.24. The van der Waals surface area contributed by atoms with Gasteiger partial charge in [-0.15, -0.1) is 0 Å². The first-order chi connectivity index (χ1) is 7.26. The van der Waals surface area contributed by atoms with Crippen LogP contribution in [0.4, 0.5) is 0 Å². The van der Waals surface area contributed by atoms with Crippen LogP contribution < -0.4 is 11.3 Å². The second-order valence-corrected chi connectivity index (χ2v) is 4.90. The molecule has 1 saturated carbocycles. The third-order valence-electron chi connectivity index (χ3n) is 3.67. The summed E-state index contributed by atoms with van der Waals surface area (Å²) in [4.78, 5) is 0. The van der Waals surface area contributed by atoms with Gasteiger partial charge in [0.15, 0.2) is 0 Å². The van der Waals surface area contributed by atoms with Gasteiger partial charge in [-0.2, -0.15) is 0 Å². The quantitative estimate of drug-likeness (QED) is 0.385. The molecule has 0 amide bonds. The monoisotopic (exact) mass is 210 g/mol. The molecule has 0 bridgehead atoms. The van der Waals surface area contributed by atoms with Crippen molar-refractivity contribution in [3.8, 4) is 0 Å². The fraction of sp³-hybridized carbons (Fsp3) is 0.846. The number of hydrogen-bond acceptors (Lipinski definition) is 2. The van der Waals surface area contributed by atoms with Gasteiger partial charge in [0.05, 0.1) is 0 Å². The van der Waals surface area contributed by atoms with E-state index in [9.17, 15) is 0 Å². The molecule has 1 unspecified atom stereocenters. The molecule has 1 rings (SSSR count). The van der Waals surface area contributed by atoms with E-state index in [1.807, 2.05) is 0 Å². The number of nitrogens with one attached hydrogen (secondary N) is 1. The van der Waals surface area contributed by atoms with Crippen LogP contribution in [-0.4, -0.2) is 6.04 Å². The fourth-order valence-electron chi connectivity index (χ4n) is 2.47. The Morgan fingerprint density at radius 1 is 1.47 bits per heavy atom. The van der Waals surface area contributed by atoms with Crippen LogP contribution in [0.1, 0.15) is 58.3 Å². The molecule has 1 aliphatic rings. The van der Waals surface area contributed by atoms with Crippen LogP contribution in [0.15, 0.2) is 12.2 Å². The van der Waals surface area contributed by atoms with Gasteiger partial charge in [0, 0.05) is 6.04 Å². The van der Waals surface area contributed by atoms with E-state index in [0.29, 0.717) is 6.04 Å². The molecule has 1 aliphatic carbocycles. The zero-order chi connectivity index (χ0) is 11.1. The average Bonchev–Trinajstić information content (AvgIpc) is 2.76. The van der Waals surface area contributed by atoms with E-state index in [0.717, 1.165) is 18.8 Å². The van der Waals surface area contributed by atoms with Crippen LogP contribution in [0.2, 0.25) is 0 Å². The smallest absolute Gasteiger partial charge is 0.0247 e. The predicted octanol–water partition coefficient (Wildman–Crippen LogP) is 3.15. The Morgan fingerprint density at radius 3 is 2.67 bits per heavy atom. The maximum absolute atomic E-state index is 5.57. The summed E-state index contributed by atoms with van der Waals surface area (Å²) in [5.74, 6) is 6.54. The summed E-state index contributed by atoms with van der Waals surface area (Å²) >= 11 is 0. The van der Waals surface area contributed by atoms with Gasteiger partial charge in [0.1, 0.15) is 0 Å². The molecule has 2 nitrogen and oxygen atoms in total. The predicted molar refractivity (Wildman–Crippen MR) is 66.4 cm³/mol. The van der Waals surface area contributed by atoms with Crippen molar-refractivity contribution in [2.45, 2.75) is 64.3 Å². The van der Waals surface area contributed by atoms with E-state index in [1.54, 1.807) is 0 Å². The SMILES string of the molecule is C=C(CC)CC(CCC1CCCC1)NN. The molecule has 0 saturated heterocycles. The molecule has 0 aromatic heterocycles. The molecule has 0 aromatic carbocycles. The molecule has 1 fully saturated rings. The van der Waals surface area contributed by atoms with Gasteiger partial charge in [-0.3, -0.25) is 11.3 Å². The van der Waals surface area contributed by atoms with Gasteiger partial charge in [0.2, 0.25) is 0 Å². The number of hydrogen-bond donors (Lipinski definition) is 2.